The van der Waals surface area contributed by atoms with Crippen LogP contribution >= 0.6 is 11.3 Å². The highest BCUT2D eigenvalue weighted by molar-refractivity contribution is 7.14. The van der Waals surface area contributed by atoms with Gasteiger partial charge in [-0.05, 0) is 24.8 Å². The lowest BCUT2D eigenvalue weighted by Crippen LogP contribution is -2.55. The Morgan fingerprint density at radius 3 is 3.04 bits per heavy atom. The zero-order chi connectivity index (χ0) is 16.8. The molecular formula is C16H24N4O2S. The molecule has 1 aliphatic heterocycles. The average molecular weight is 336 g/mol. The molecule has 0 aliphatic carbocycles. The van der Waals surface area contributed by atoms with Crippen LogP contribution in [-0.2, 0) is 4.79 Å². The number of carbonyl (C=O) groups is 1. The fourth-order valence-electron chi connectivity index (χ4n) is 2.93. The fraction of sp³-hybridized carbons (Fsp3) is 0.625. The Balaban J connectivity index is 1.86. The van der Waals surface area contributed by atoms with Crippen molar-refractivity contribution >= 4 is 22.2 Å². The molecule has 0 bridgehead atoms. The monoisotopic (exact) mass is 336 g/mol. The first-order valence-electron chi connectivity index (χ1n) is 7.95. The van der Waals surface area contributed by atoms with Crippen molar-refractivity contribution in [1.82, 2.24) is 9.80 Å². The van der Waals surface area contributed by atoms with E-state index >= 15 is 0 Å². The maximum absolute atomic E-state index is 12.2. The number of anilines is 1. The third kappa shape index (κ3) is 5.01. The summed E-state index contributed by atoms with van der Waals surface area (Å²) in [4.78, 5) is 16.6. The first-order chi connectivity index (χ1) is 11.0. The van der Waals surface area contributed by atoms with Crippen LogP contribution in [0.5, 0.6) is 0 Å². The third-order valence-electron chi connectivity index (χ3n) is 4.06. The van der Waals surface area contributed by atoms with Crippen molar-refractivity contribution in [3.63, 3.8) is 0 Å². The molecule has 0 saturated carbocycles. The van der Waals surface area contributed by atoms with Gasteiger partial charge in [-0.2, -0.15) is 5.26 Å². The number of hydrogen-bond donors (Lipinski definition) is 2. The van der Waals surface area contributed by atoms with Crippen LogP contribution in [0.4, 0.5) is 5.00 Å². The van der Waals surface area contributed by atoms with Gasteiger partial charge in [0, 0.05) is 32.2 Å². The van der Waals surface area contributed by atoms with Gasteiger partial charge >= 0.3 is 0 Å². The Morgan fingerprint density at radius 1 is 1.61 bits per heavy atom. The van der Waals surface area contributed by atoms with Crippen LogP contribution in [0.15, 0.2) is 11.4 Å². The number of amides is 1. The van der Waals surface area contributed by atoms with E-state index in [1.165, 1.54) is 11.3 Å². The quantitative estimate of drug-likeness (QED) is 0.819. The molecule has 1 aliphatic rings. The fourth-order valence-corrected chi connectivity index (χ4v) is 3.68. The van der Waals surface area contributed by atoms with E-state index in [4.69, 9.17) is 5.26 Å². The molecule has 2 heterocycles. The molecule has 1 aromatic heterocycles. The number of β-amino-alcohol motifs (C(OH)–C–C–N with tert-alkyl or cyclic N) is 1. The number of piperazine rings is 1. The van der Waals surface area contributed by atoms with Crippen LogP contribution in [0.3, 0.4) is 0 Å². The van der Waals surface area contributed by atoms with E-state index in [1.54, 1.807) is 18.4 Å². The van der Waals surface area contributed by atoms with Gasteiger partial charge in [0.15, 0.2) is 0 Å². The Kier molecular flexibility index (Phi) is 6.54. The molecule has 1 aromatic rings. The van der Waals surface area contributed by atoms with Gasteiger partial charge in [0.25, 0.3) is 0 Å². The number of aliphatic hydroxyl groups excluding tert-OH is 1. The zero-order valence-electron chi connectivity index (χ0n) is 13.7. The number of aliphatic hydroxyl groups is 1. The third-order valence-corrected chi connectivity index (χ3v) is 4.89. The van der Waals surface area contributed by atoms with E-state index < -0.39 is 0 Å². The predicted molar refractivity (Wildman–Crippen MR) is 91.4 cm³/mol. The summed E-state index contributed by atoms with van der Waals surface area (Å²) >= 11 is 1.37. The highest BCUT2D eigenvalue weighted by atomic mass is 32.1. The van der Waals surface area contributed by atoms with Gasteiger partial charge in [-0.15, -0.1) is 11.3 Å². The van der Waals surface area contributed by atoms with E-state index in [1.807, 2.05) is 0 Å². The van der Waals surface area contributed by atoms with Crippen LogP contribution in [0.2, 0.25) is 0 Å². The normalized spacial score (nSPS) is 20.9. The molecule has 1 fully saturated rings. The lowest BCUT2D eigenvalue weighted by molar-refractivity contribution is -0.118. The molecule has 2 atom stereocenters. The summed E-state index contributed by atoms with van der Waals surface area (Å²) in [6.07, 6.45) is 0.663. The molecule has 23 heavy (non-hydrogen) atoms. The lowest BCUT2D eigenvalue weighted by Gasteiger charge is -2.41. The summed E-state index contributed by atoms with van der Waals surface area (Å²) in [5.74, 6) is -0.0808. The van der Waals surface area contributed by atoms with Gasteiger partial charge in [-0.1, -0.05) is 6.92 Å². The Hall–Kier alpha value is -1.46. The van der Waals surface area contributed by atoms with Gasteiger partial charge in [-0.3, -0.25) is 14.6 Å². The first-order valence-corrected chi connectivity index (χ1v) is 8.83. The van der Waals surface area contributed by atoms with Crippen LogP contribution in [-0.4, -0.2) is 65.7 Å². The zero-order valence-corrected chi connectivity index (χ0v) is 14.5. The molecule has 2 N–H and O–H groups in total. The topological polar surface area (TPSA) is 79.6 Å². The van der Waals surface area contributed by atoms with Crippen molar-refractivity contribution < 1.29 is 9.90 Å². The highest BCUT2D eigenvalue weighted by Crippen LogP contribution is 2.22. The second-order valence-electron chi connectivity index (χ2n) is 5.96. The summed E-state index contributed by atoms with van der Waals surface area (Å²) < 4.78 is 0. The van der Waals surface area contributed by atoms with Gasteiger partial charge in [-0.25, -0.2) is 0 Å². The number of nitrogens with zero attached hydrogens (tertiary/aromatic N) is 3. The van der Waals surface area contributed by atoms with Crippen molar-refractivity contribution in [3.05, 3.63) is 17.0 Å². The van der Waals surface area contributed by atoms with Crippen LogP contribution in [0.25, 0.3) is 0 Å². The Bertz CT molecular complexity index is 567. The second-order valence-corrected chi connectivity index (χ2v) is 6.88. The molecule has 1 amide bonds. The summed E-state index contributed by atoms with van der Waals surface area (Å²) in [5, 5.41) is 23.8. The van der Waals surface area contributed by atoms with Crippen molar-refractivity contribution in [3.8, 4) is 6.07 Å². The molecule has 7 heteroatoms. The van der Waals surface area contributed by atoms with E-state index in [2.05, 4.69) is 28.1 Å². The number of nitriles is 1. The van der Waals surface area contributed by atoms with Crippen LogP contribution in [0, 0.1) is 11.3 Å². The minimum atomic E-state index is -0.331. The van der Waals surface area contributed by atoms with Crippen molar-refractivity contribution in [2.75, 3.05) is 38.0 Å². The Morgan fingerprint density at radius 2 is 2.39 bits per heavy atom. The van der Waals surface area contributed by atoms with Gasteiger partial charge < -0.3 is 10.4 Å². The first kappa shape index (κ1) is 17.9. The second kappa shape index (κ2) is 8.41. The summed E-state index contributed by atoms with van der Waals surface area (Å²) in [5.41, 5.74) is 0.511. The van der Waals surface area contributed by atoms with E-state index in [0.29, 0.717) is 29.7 Å². The van der Waals surface area contributed by atoms with E-state index in [9.17, 15) is 9.90 Å². The standard InChI is InChI=1S/C16H24N4O2S/c1-3-14-10-19(5-6-20(14)9-12(2)21)11-15(22)18-16-13(8-17)4-7-23-16/h4,7,12,14,21H,3,5-6,9-11H2,1-2H3,(H,18,22)/t12-,14+/m1/s1. The molecule has 1 saturated heterocycles. The van der Waals surface area contributed by atoms with Crippen molar-refractivity contribution in [2.45, 2.75) is 32.4 Å². The maximum Gasteiger partial charge on any atom is 0.239 e. The molecular weight excluding hydrogens is 312 g/mol. The molecule has 6 nitrogen and oxygen atoms in total. The average Bonchev–Trinajstić information content (AvgIpc) is 2.95. The van der Waals surface area contributed by atoms with E-state index in [0.717, 1.165) is 26.1 Å². The van der Waals surface area contributed by atoms with Gasteiger partial charge in [0.2, 0.25) is 5.91 Å². The van der Waals surface area contributed by atoms with Gasteiger partial charge in [0.1, 0.15) is 11.1 Å². The van der Waals surface area contributed by atoms with Crippen LogP contribution in [0.1, 0.15) is 25.8 Å². The minimum Gasteiger partial charge on any atom is -0.392 e. The number of nitrogens with one attached hydrogen (secondary N) is 1. The number of thiophene rings is 1. The smallest absolute Gasteiger partial charge is 0.239 e. The van der Waals surface area contributed by atoms with E-state index in [-0.39, 0.29) is 12.0 Å². The summed E-state index contributed by atoms with van der Waals surface area (Å²) in [7, 11) is 0. The number of rotatable bonds is 6. The largest absolute Gasteiger partial charge is 0.392 e. The number of carbonyl (C=O) groups excluding carboxylic acids is 1. The Labute approximate surface area is 141 Å². The van der Waals surface area contributed by atoms with Crippen molar-refractivity contribution in [1.29, 1.82) is 5.26 Å². The van der Waals surface area contributed by atoms with Crippen LogP contribution < -0.4 is 5.32 Å². The molecule has 126 valence electrons. The summed E-state index contributed by atoms with van der Waals surface area (Å²) in [6, 6.07) is 4.15. The molecule has 0 spiro atoms. The maximum atomic E-state index is 12.2. The predicted octanol–water partition coefficient (Wildman–Crippen LogP) is 1.34. The summed E-state index contributed by atoms with van der Waals surface area (Å²) in [6.45, 7) is 7.45. The van der Waals surface area contributed by atoms with Crippen molar-refractivity contribution in [2.24, 2.45) is 0 Å². The van der Waals surface area contributed by atoms with Gasteiger partial charge in [0.05, 0.1) is 18.2 Å². The molecule has 0 aromatic carbocycles. The molecule has 2 rings (SSSR count). The number of hydrogen-bond acceptors (Lipinski definition) is 6. The molecule has 0 unspecified atom stereocenters. The highest BCUT2D eigenvalue weighted by Gasteiger charge is 2.27. The minimum absolute atomic E-state index is 0.0808. The lowest BCUT2D eigenvalue weighted by atomic mass is 10.1. The molecule has 0 radical (unpaired) electrons. The SMILES string of the molecule is CC[C@H]1CN(CC(=O)Nc2sccc2C#N)CCN1C[C@@H](C)O.